The Morgan fingerprint density at radius 3 is 2.52 bits per heavy atom. The minimum atomic E-state index is -0.754. The van der Waals surface area contributed by atoms with Gasteiger partial charge in [-0.25, -0.2) is 0 Å². The number of amides is 1. The smallest absolute Gasteiger partial charge is 0.256 e. The Labute approximate surface area is 136 Å². The number of ether oxygens (including phenoxy) is 2. The maximum atomic E-state index is 12.8. The van der Waals surface area contributed by atoms with Gasteiger partial charge in [-0.05, 0) is 44.7 Å². The number of anilines is 1. The summed E-state index contributed by atoms with van der Waals surface area (Å²) in [7, 11) is 1.65. The summed E-state index contributed by atoms with van der Waals surface area (Å²) in [6.07, 6.45) is 2.10. The van der Waals surface area contributed by atoms with E-state index in [0.29, 0.717) is 12.5 Å². The molecule has 0 heterocycles. The standard InChI is InChI=1S/C19H23NO3/c1-4-23-19(2,13-9-10-13)18(21)20-16-11-12-17(22-3)15-8-6-5-7-14(15)16/h5-8,11-13H,4,9-10H2,1-3H3,(H,20,21)/t19-/m1/s1. The third-order valence-corrected chi connectivity index (χ3v) is 4.60. The van der Waals surface area contributed by atoms with Crippen molar-refractivity contribution in [2.75, 3.05) is 19.0 Å². The van der Waals surface area contributed by atoms with Crippen molar-refractivity contribution in [3.63, 3.8) is 0 Å². The number of methoxy groups -OCH3 is 1. The van der Waals surface area contributed by atoms with Crippen LogP contribution >= 0.6 is 0 Å². The van der Waals surface area contributed by atoms with Crippen LogP contribution in [-0.4, -0.2) is 25.2 Å². The SMILES string of the molecule is CCO[C@@](C)(C(=O)Nc1ccc(OC)c2ccccc12)C1CC1. The van der Waals surface area contributed by atoms with Crippen LogP contribution in [0, 0.1) is 5.92 Å². The Morgan fingerprint density at radius 2 is 1.91 bits per heavy atom. The van der Waals surface area contributed by atoms with Crippen LogP contribution in [-0.2, 0) is 9.53 Å². The molecule has 4 heteroatoms. The summed E-state index contributed by atoms with van der Waals surface area (Å²) in [5.74, 6) is 1.04. The molecule has 1 amide bonds. The predicted octanol–water partition coefficient (Wildman–Crippen LogP) is 3.99. The second-order valence-electron chi connectivity index (χ2n) is 6.13. The van der Waals surface area contributed by atoms with E-state index in [4.69, 9.17) is 9.47 Å². The lowest BCUT2D eigenvalue weighted by Crippen LogP contribution is -2.44. The number of rotatable bonds is 6. The lowest BCUT2D eigenvalue weighted by atomic mass is 9.98. The van der Waals surface area contributed by atoms with Crippen LogP contribution in [0.2, 0.25) is 0 Å². The van der Waals surface area contributed by atoms with E-state index in [1.165, 1.54) is 0 Å². The van der Waals surface area contributed by atoms with Gasteiger partial charge < -0.3 is 14.8 Å². The zero-order chi connectivity index (χ0) is 16.4. The highest BCUT2D eigenvalue weighted by atomic mass is 16.5. The molecular formula is C19H23NO3. The van der Waals surface area contributed by atoms with Crippen molar-refractivity contribution in [2.24, 2.45) is 5.92 Å². The molecule has 0 aliphatic heterocycles. The lowest BCUT2D eigenvalue weighted by molar-refractivity contribution is -0.141. The Hall–Kier alpha value is -2.07. The number of fused-ring (bicyclic) bond motifs is 1. The van der Waals surface area contributed by atoms with Crippen LogP contribution in [0.3, 0.4) is 0 Å². The Morgan fingerprint density at radius 1 is 1.22 bits per heavy atom. The van der Waals surface area contributed by atoms with Crippen molar-refractivity contribution in [3.8, 4) is 5.75 Å². The van der Waals surface area contributed by atoms with Gasteiger partial charge in [0, 0.05) is 23.1 Å². The van der Waals surface area contributed by atoms with Crippen molar-refractivity contribution >= 4 is 22.4 Å². The van der Waals surface area contributed by atoms with Gasteiger partial charge in [-0.1, -0.05) is 24.3 Å². The molecule has 0 unspecified atom stereocenters. The fourth-order valence-electron chi connectivity index (χ4n) is 3.11. The highest BCUT2D eigenvalue weighted by Crippen LogP contribution is 2.43. The molecule has 1 aliphatic rings. The van der Waals surface area contributed by atoms with Crippen LogP contribution in [0.1, 0.15) is 26.7 Å². The minimum absolute atomic E-state index is 0.0721. The Bertz CT molecular complexity index is 724. The predicted molar refractivity (Wildman–Crippen MR) is 91.9 cm³/mol. The number of hydrogen-bond acceptors (Lipinski definition) is 3. The Kier molecular flexibility index (Phi) is 4.26. The highest BCUT2D eigenvalue weighted by Gasteiger charge is 2.48. The first-order valence-electron chi connectivity index (χ1n) is 8.11. The summed E-state index contributed by atoms with van der Waals surface area (Å²) in [4.78, 5) is 12.8. The van der Waals surface area contributed by atoms with E-state index in [1.54, 1.807) is 7.11 Å². The lowest BCUT2D eigenvalue weighted by Gasteiger charge is -2.28. The minimum Gasteiger partial charge on any atom is -0.496 e. The number of carbonyl (C=O) groups is 1. The molecule has 1 fully saturated rings. The van der Waals surface area contributed by atoms with E-state index in [2.05, 4.69) is 5.32 Å². The number of nitrogens with one attached hydrogen (secondary N) is 1. The monoisotopic (exact) mass is 313 g/mol. The molecule has 0 bridgehead atoms. The molecule has 0 aromatic heterocycles. The van der Waals surface area contributed by atoms with Gasteiger partial charge in [-0.15, -0.1) is 0 Å². The third kappa shape index (κ3) is 2.91. The van der Waals surface area contributed by atoms with E-state index in [9.17, 15) is 4.79 Å². The van der Waals surface area contributed by atoms with Gasteiger partial charge in [0.05, 0.1) is 7.11 Å². The van der Waals surface area contributed by atoms with Gasteiger partial charge >= 0.3 is 0 Å². The van der Waals surface area contributed by atoms with E-state index in [0.717, 1.165) is 35.1 Å². The second kappa shape index (κ2) is 6.20. The summed E-state index contributed by atoms with van der Waals surface area (Å²) in [6, 6.07) is 11.7. The molecule has 0 radical (unpaired) electrons. The van der Waals surface area contributed by atoms with E-state index in [-0.39, 0.29) is 5.91 Å². The van der Waals surface area contributed by atoms with Crippen molar-refractivity contribution < 1.29 is 14.3 Å². The average molecular weight is 313 g/mol. The summed E-state index contributed by atoms with van der Waals surface area (Å²) in [5.41, 5.74) is 0.0356. The van der Waals surface area contributed by atoms with Gasteiger partial charge in [0.1, 0.15) is 11.4 Å². The molecule has 3 rings (SSSR count). The molecule has 4 nitrogen and oxygen atoms in total. The fraction of sp³-hybridized carbons (Fsp3) is 0.421. The summed E-state index contributed by atoms with van der Waals surface area (Å²) >= 11 is 0. The molecule has 2 aromatic carbocycles. The van der Waals surface area contributed by atoms with Crippen LogP contribution < -0.4 is 10.1 Å². The largest absolute Gasteiger partial charge is 0.496 e. The van der Waals surface area contributed by atoms with Crippen molar-refractivity contribution in [3.05, 3.63) is 36.4 Å². The van der Waals surface area contributed by atoms with E-state index in [1.807, 2.05) is 50.2 Å². The zero-order valence-corrected chi connectivity index (χ0v) is 13.9. The van der Waals surface area contributed by atoms with Gasteiger partial charge in [0.2, 0.25) is 0 Å². The maximum Gasteiger partial charge on any atom is 0.256 e. The normalized spacial score (nSPS) is 16.8. The van der Waals surface area contributed by atoms with Crippen LogP contribution in [0.25, 0.3) is 10.8 Å². The molecule has 23 heavy (non-hydrogen) atoms. The molecule has 1 saturated carbocycles. The van der Waals surface area contributed by atoms with Gasteiger partial charge in [0.25, 0.3) is 5.91 Å². The summed E-state index contributed by atoms with van der Waals surface area (Å²) in [5, 5.41) is 5.01. The molecule has 0 saturated heterocycles. The molecule has 0 spiro atoms. The molecule has 1 N–H and O–H groups in total. The van der Waals surface area contributed by atoms with Gasteiger partial charge in [-0.3, -0.25) is 4.79 Å². The van der Waals surface area contributed by atoms with Gasteiger partial charge in [-0.2, -0.15) is 0 Å². The van der Waals surface area contributed by atoms with E-state index >= 15 is 0 Å². The third-order valence-electron chi connectivity index (χ3n) is 4.60. The van der Waals surface area contributed by atoms with Crippen LogP contribution in [0.5, 0.6) is 5.75 Å². The first-order chi connectivity index (χ1) is 11.1. The molecule has 2 aromatic rings. The van der Waals surface area contributed by atoms with Crippen LogP contribution in [0.15, 0.2) is 36.4 Å². The molecule has 122 valence electrons. The number of carbonyl (C=O) groups excluding carboxylic acids is 1. The van der Waals surface area contributed by atoms with Crippen molar-refractivity contribution in [2.45, 2.75) is 32.3 Å². The molecule has 1 aliphatic carbocycles. The first-order valence-corrected chi connectivity index (χ1v) is 8.11. The summed E-state index contributed by atoms with van der Waals surface area (Å²) < 4.78 is 11.2. The highest BCUT2D eigenvalue weighted by molar-refractivity contribution is 6.06. The molecule has 1 atom stereocenters. The maximum absolute atomic E-state index is 12.8. The number of hydrogen-bond donors (Lipinski definition) is 1. The quantitative estimate of drug-likeness (QED) is 0.877. The molecular weight excluding hydrogens is 290 g/mol. The number of benzene rings is 2. The van der Waals surface area contributed by atoms with E-state index < -0.39 is 5.60 Å². The average Bonchev–Trinajstić information content (AvgIpc) is 3.40. The first kappa shape index (κ1) is 15.8. The zero-order valence-electron chi connectivity index (χ0n) is 13.9. The van der Waals surface area contributed by atoms with Crippen LogP contribution in [0.4, 0.5) is 5.69 Å². The summed E-state index contributed by atoms with van der Waals surface area (Å²) in [6.45, 7) is 4.36. The second-order valence-corrected chi connectivity index (χ2v) is 6.13. The topological polar surface area (TPSA) is 47.6 Å². The Balaban J connectivity index is 1.93. The fourth-order valence-corrected chi connectivity index (χ4v) is 3.11. The van der Waals surface area contributed by atoms with Crippen molar-refractivity contribution in [1.82, 2.24) is 0 Å². The van der Waals surface area contributed by atoms with Crippen molar-refractivity contribution in [1.29, 1.82) is 0 Å². The van der Waals surface area contributed by atoms with Gasteiger partial charge in [0.15, 0.2) is 0 Å².